The minimum atomic E-state index is -0.531. The topological polar surface area (TPSA) is 113 Å². The van der Waals surface area contributed by atoms with Crippen LogP contribution >= 0.6 is 12.2 Å². The molecule has 9 nitrogen and oxygen atoms in total. The van der Waals surface area contributed by atoms with Gasteiger partial charge in [0, 0.05) is 13.0 Å². The maximum atomic E-state index is 12.6. The lowest BCUT2D eigenvalue weighted by molar-refractivity contribution is -0.129. The van der Waals surface area contributed by atoms with Gasteiger partial charge in [-0.3, -0.25) is 30.6 Å². The molecule has 3 N–H and O–H groups in total. The number of likely N-dealkylation sites (tertiary alicyclic amines) is 1. The highest BCUT2D eigenvalue weighted by Gasteiger charge is 2.34. The SMILES string of the molecule is CCCCOc1ccccc1C(=O)NC(=S)NNC(=O)C1CC(=O)N(Cc2ccco2)C1. The number of carbonyl (C=O) groups excluding carboxylic acids is 3. The second-order valence-electron chi connectivity index (χ2n) is 7.35. The molecule has 170 valence electrons. The van der Waals surface area contributed by atoms with E-state index in [1.165, 1.54) is 6.26 Å². The van der Waals surface area contributed by atoms with Crippen molar-refractivity contribution >= 4 is 35.1 Å². The summed E-state index contributed by atoms with van der Waals surface area (Å²) >= 11 is 5.11. The van der Waals surface area contributed by atoms with Gasteiger partial charge in [-0.05, 0) is 42.9 Å². The smallest absolute Gasteiger partial charge is 0.261 e. The molecule has 10 heteroatoms. The first-order valence-corrected chi connectivity index (χ1v) is 10.8. The Kier molecular flexibility index (Phi) is 8.20. The number of furan rings is 1. The Bertz CT molecular complexity index is 963. The van der Waals surface area contributed by atoms with Crippen molar-refractivity contribution in [2.45, 2.75) is 32.7 Å². The highest BCUT2D eigenvalue weighted by atomic mass is 32.1. The zero-order valence-corrected chi connectivity index (χ0v) is 18.6. The molecule has 0 bridgehead atoms. The van der Waals surface area contributed by atoms with Gasteiger partial charge in [0.1, 0.15) is 11.5 Å². The van der Waals surface area contributed by atoms with Crippen LogP contribution in [0.25, 0.3) is 0 Å². The maximum absolute atomic E-state index is 12.6. The first kappa shape index (κ1) is 23.3. The van der Waals surface area contributed by atoms with Gasteiger partial charge >= 0.3 is 0 Å². The third-order valence-corrected chi connectivity index (χ3v) is 5.13. The highest BCUT2D eigenvalue weighted by Crippen LogP contribution is 2.20. The first-order chi connectivity index (χ1) is 15.5. The van der Waals surface area contributed by atoms with Crippen LogP contribution < -0.4 is 20.9 Å². The van der Waals surface area contributed by atoms with Crippen LogP contribution in [0.4, 0.5) is 0 Å². The number of nitrogens with one attached hydrogen (secondary N) is 3. The maximum Gasteiger partial charge on any atom is 0.261 e. The standard InChI is InChI=1S/C22H26N4O5S/c1-2-3-10-31-18-9-5-4-8-17(18)21(29)23-22(32)25-24-20(28)15-12-19(27)26(13-15)14-16-7-6-11-30-16/h4-9,11,15H,2-3,10,12-14H2,1H3,(H,24,28)(H2,23,25,29,32). The van der Waals surface area contributed by atoms with Crippen molar-refractivity contribution in [3.05, 3.63) is 54.0 Å². The third kappa shape index (κ3) is 6.30. The number of benzene rings is 1. The minimum absolute atomic E-state index is 0.0662. The highest BCUT2D eigenvalue weighted by molar-refractivity contribution is 7.80. The average molecular weight is 459 g/mol. The summed E-state index contributed by atoms with van der Waals surface area (Å²) in [4.78, 5) is 38.7. The van der Waals surface area contributed by atoms with Gasteiger partial charge < -0.3 is 14.1 Å². The van der Waals surface area contributed by atoms with Gasteiger partial charge in [0.2, 0.25) is 11.8 Å². The number of amides is 3. The molecule has 0 radical (unpaired) electrons. The molecule has 1 aromatic heterocycles. The van der Waals surface area contributed by atoms with E-state index in [-0.39, 0.29) is 29.9 Å². The van der Waals surface area contributed by atoms with Crippen molar-refractivity contribution < 1.29 is 23.5 Å². The Balaban J connectivity index is 1.46. The predicted octanol–water partition coefficient (Wildman–Crippen LogP) is 2.14. The van der Waals surface area contributed by atoms with Crippen LogP contribution in [0, 0.1) is 5.92 Å². The van der Waals surface area contributed by atoms with Gasteiger partial charge in [-0.25, -0.2) is 0 Å². The Morgan fingerprint density at radius 2 is 2.03 bits per heavy atom. The molecule has 1 saturated heterocycles. The largest absolute Gasteiger partial charge is 0.493 e. The van der Waals surface area contributed by atoms with Crippen LogP contribution in [0.5, 0.6) is 5.75 Å². The van der Waals surface area contributed by atoms with Gasteiger partial charge in [-0.15, -0.1) is 0 Å². The van der Waals surface area contributed by atoms with Crippen molar-refractivity contribution in [1.29, 1.82) is 0 Å². The van der Waals surface area contributed by atoms with Crippen molar-refractivity contribution in [2.24, 2.45) is 5.92 Å². The van der Waals surface area contributed by atoms with E-state index in [9.17, 15) is 14.4 Å². The van der Waals surface area contributed by atoms with Crippen LogP contribution in [0.3, 0.4) is 0 Å². The number of hydrogen-bond acceptors (Lipinski definition) is 6. The molecule has 2 heterocycles. The fraction of sp³-hybridized carbons (Fsp3) is 0.364. The molecule has 1 aliphatic rings. The summed E-state index contributed by atoms with van der Waals surface area (Å²) in [5, 5.41) is 2.45. The quantitative estimate of drug-likeness (QED) is 0.316. The summed E-state index contributed by atoms with van der Waals surface area (Å²) in [5.41, 5.74) is 5.32. The lowest BCUT2D eigenvalue weighted by Gasteiger charge is -2.16. The second-order valence-corrected chi connectivity index (χ2v) is 7.76. The normalized spacial score (nSPS) is 15.3. The van der Waals surface area contributed by atoms with Gasteiger partial charge in [-0.1, -0.05) is 25.5 Å². The molecule has 0 saturated carbocycles. The van der Waals surface area contributed by atoms with E-state index < -0.39 is 11.8 Å². The summed E-state index contributed by atoms with van der Waals surface area (Å²) in [7, 11) is 0. The number of nitrogens with zero attached hydrogens (tertiary/aromatic N) is 1. The molecule has 0 aliphatic carbocycles. The Hall–Kier alpha value is -3.40. The molecule has 32 heavy (non-hydrogen) atoms. The zero-order chi connectivity index (χ0) is 22.9. The Morgan fingerprint density at radius 1 is 1.22 bits per heavy atom. The van der Waals surface area contributed by atoms with Crippen LogP contribution in [0.2, 0.25) is 0 Å². The van der Waals surface area contributed by atoms with Crippen molar-refractivity contribution in [3.8, 4) is 5.75 Å². The first-order valence-electron chi connectivity index (χ1n) is 10.4. The number of rotatable bonds is 8. The van der Waals surface area contributed by atoms with Gasteiger partial charge in [0.15, 0.2) is 5.11 Å². The molecule has 0 spiro atoms. The molecule has 1 fully saturated rings. The number of ether oxygens (including phenoxy) is 1. The number of carbonyl (C=O) groups is 3. The predicted molar refractivity (Wildman–Crippen MR) is 120 cm³/mol. The third-order valence-electron chi connectivity index (χ3n) is 4.93. The van der Waals surface area contributed by atoms with E-state index in [0.717, 1.165) is 12.8 Å². The molecule has 1 unspecified atom stereocenters. The molecule has 3 rings (SSSR count). The lowest BCUT2D eigenvalue weighted by atomic mass is 10.1. The van der Waals surface area contributed by atoms with Crippen molar-refractivity contribution in [1.82, 2.24) is 21.1 Å². The average Bonchev–Trinajstić information content (AvgIpc) is 3.43. The van der Waals surface area contributed by atoms with Gasteiger partial charge in [0.25, 0.3) is 5.91 Å². The van der Waals surface area contributed by atoms with Crippen LogP contribution in [-0.4, -0.2) is 40.9 Å². The van der Waals surface area contributed by atoms with Gasteiger partial charge in [0.05, 0.1) is 30.9 Å². The molecular weight excluding hydrogens is 432 g/mol. The number of unbranched alkanes of at least 4 members (excludes halogenated alkanes) is 1. The summed E-state index contributed by atoms with van der Waals surface area (Å²) in [5.74, 6) is -0.384. The summed E-state index contributed by atoms with van der Waals surface area (Å²) in [6.45, 7) is 3.15. The number of thiocarbonyl (C=S) groups is 1. The van der Waals surface area contributed by atoms with Crippen molar-refractivity contribution in [2.75, 3.05) is 13.2 Å². The van der Waals surface area contributed by atoms with Crippen molar-refractivity contribution in [3.63, 3.8) is 0 Å². The molecule has 3 amide bonds. The number of hydrogen-bond donors (Lipinski definition) is 3. The van der Waals surface area contributed by atoms with E-state index in [2.05, 4.69) is 23.1 Å². The zero-order valence-electron chi connectivity index (χ0n) is 17.8. The lowest BCUT2D eigenvalue weighted by Crippen LogP contribution is -2.50. The summed E-state index contributed by atoms with van der Waals surface area (Å²) in [6.07, 6.45) is 3.49. The molecule has 2 aromatic rings. The summed E-state index contributed by atoms with van der Waals surface area (Å²) in [6, 6.07) is 10.4. The molecule has 1 aromatic carbocycles. The Morgan fingerprint density at radius 3 is 2.78 bits per heavy atom. The van der Waals surface area contributed by atoms with E-state index >= 15 is 0 Å². The number of hydrazine groups is 1. The minimum Gasteiger partial charge on any atom is -0.493 e. The van der Waals surface area contributed by atoms with E-state index in [0.29, 0.717) is 30.2 Å². The summed E-state index contributed by atoms with van der Waals surface area (Å²) < 4.78 is 10.9. The van der Waals surface area contributed by atoms with E-state index in [4.69, 9.17) is 21.4 Å². The van der Waals surface area contributed by atoms with E-state index in [1.54, 1.807) is 41.3 Å². The molecule has 1 aliphatic heterocycles. The molecular formula is C22H26N4O5S. The van der Waals surface area contributed by atoms with Crippen LogP contribution in [-0.2, 0) is 16.1 Å². The molecule has 1 atom stereocenters. The number of para-hydroxylation sites is 1. The fourth-order valence-corrected chi connectivity index (χ4v) is 3.36. The Labute approximate surface area is 191 Å². The van der Waals surface area contributed by atoms with Gasteiger partial charge in [-0.2, -0.15) is 0 Å². The van der Waals surface area contributed by atoms with Crippen LogP contribution in [0.15, 0.2) is 47.1 Å². The van der Waals surface area contributed by atoms with Crippen LogP contribution in [0.1, 0.15) is 42.3 Å². The monoisotopic (exact) mass is 458 g/mol. The van der Waals surface area contributed by atoms with E-state index in [1.807, 2.05) is 0 Å². The second kappa shape index (κ2) is 11.3. The fourth-order valence-electron chi connectivity index (χ4n) is 3.22.